The van der Waals surface area contributed by atoms with E-state index >= 15 is 0 Å². The quantitative estimate of drug-likeness (QED) is 0.495. The van der Waals surface area contributed by atoms with E-state index < -0.39 is 4.92 Å². The van der Waals surface area contributed by atoms with Gasteiger partial charge in [0.1, 0.15) is 11.4 Å². The molecule has 0 unspecified atom stereocenters. The van der Waals surface area contributed by atoms with Gasteiger partial charge >= 0.3 is 0 Å². The fraction of sp³-hybridized carbons (Fsp3) is 0.211. The topological polar surface area (TPSA) is 89.9 Å². The molecule has 0 aliphatic rings. The highest BCUT2D eigenvalue weighted by Gasteiger charge is 2.11. The Labute approximate surface area is 160 Å². The molecule has 0 amide bonds. The molecule has 3 rings (SSSR count). The Morgan fingerprint density at radius 3 is 2.63 bits per heavy atom. The molecular weight excluding hydrogens is 366 g/mol. The first kappa shape index (κ1) is 18.8. The van der Waals surface area contributed by atoms with Crippen molar-refractivity contribution in [1.29, 1.82) is 0 Å². The lowest BCUT2D eigenvalue weighted by Crippen LogP contribution is -2.16. The molecule has 0 atom stereocenters. The van der Waals surface area contributed by atoms with Crippen molar-refractivity contribution >= 4 is 22.7 Å². The van der Waals surface area contributed by atoms with Gasteiger partial charge in [0, 0.05) is 30.7 Å². The van der Waals surface area contributed by atoms with Crippen LogP contribution in [-0.4, -0.2) is 28.3 Å². The number of rotatable bonds is 7. The summed E-state index contributed by atoms with van der Waals surface area (Å²) in [6.45, 7) is 0.650. The molecule has 0 saturated heterocycles. The van der Waals surface area contributed by atoms with Crippen LogP contribution in [0.15, 0.2) is 58.9 Å². The number of hydrogen-bond donors (Lipinski definition) is 1. The Balaban J connectivity index is 2.08. The summed E-state index contributed by atoms with van der Waals surface area (Å²) in [6, 6.07) is 13.9. The van der Waals surface area contributed by atoms with E-state index in [4.69, 9.17) is 9.73 Å². The van der Waals surface area contributed by atoms with E-state index in [1.807, 2.05) is 34.2 Å². The number of methoxy groups -OCH3 is 1. The van der Waals surface area contributed by atoms with Gasteiger partial charge < -0.3 is 14.4 Å². The second kappa shape index (κ2) is 8.61. The zero-order valence-corrected chi connectivity index (χ0v) is 15.6. The van der Waals surface area contributed by atoms with Gasteiger partial charge in [-0.3, -0.25) is 10.1 Å². The number of para-hydroxylation sites is 2. The predicted octanol–water partition coefficient (Wildman–Crippen LogP) is 3.75. The Morgan fingerprint density at radius 1 is 1.22 bits per heavy atom. The van der Waals surface area contributed by atoms with Gasteiger partial charge in [-0.15, -0.1) is 11.3 Å². The predicted molar refractivity (Wildman–Crippen MR) is 104 cm³/mol. The zero-order chi connectivity index (χ0) is 19.2. The van der Waals surface area contributed by atoms with Crippen LogP contribution in [0.1, 0.15) is 6.42 Å². The molecule has 7 nitrogen and oxygen atoms in total. The summed E-state index contributed by atoms with van der Waals surface area (Å²) in [5, 5.41) is 22.1. The molecule has 140 valence electrons. The summed E-state index contributed by atoms with van der Waals surface area (Å²) in [5.41, 5.74) is 2.53. The number of nitrogens with zero attached hydrogens (tertiary/aromatic N) is 3. The molecule has 0 aliphatic carbocycles. The lowest BCUT2D eigenvalue weighted by molar-refractivity contribution is -0.384. The number of aliphatic hydroxyl groups excluding tert-OH is 1. The minimum Gasteiger partial charge on any atom is -0.494 e. The van der Waals surface area contributed by atoms with Gasteiger partial charge in [0.25, 0.3) is 5.69 Å². The third-order valence-electron chi connectivity index (χ3n) is 4.01. The number of nitro benzene ring substituents is 1. The normalized spacial score (nSPS) is 11.6. The average Bonchev–Trinajstić information content (AvgIpc) is 3.09. The first-order chi connectivity index (χ1) is 13.1. The standard InChI is InChI=1S/C19H19N3O4S/c1-26-18-6-3-2-5-16(18)20-19-21(11-4-12-23)17(13-27-19)14-7-9-15(10-8-14)22(24)25/h2-3,5-10,13,23H,4,11-12H2,1H3. The van der Waals surface area contributed by atoms with E-state index in [0.717, 1.165) is 21.7 Å². The van der Waals surface area contributed by atoms with Gasteiger partial charge in [0.05, 0.1) is 17.7 Å². The molecule has 1 N–H and O–H groups in total. The van der Waals surface area contributed by atoms with E-state index in [-0.39, 0.29) is 12.3 Å². The molecular formula is C19H19N3O4S. The molecule has 2 aromatic carbocycles. The molecule has 0 spiro atoms. The van der Waals surface area contributed by atoms with Gasteiger partial charge in [0.15, 0.2) is 4.80 Å². The van der Waals surface area contributed by atoms with Gasteiger partial charge in [-0.25, -0.2) is 4.99 Å². The van der Waals surface area contributed by atoms with Crippen molar-refractivity contribution < 1.29 is 14.8 Å². The lowest BCUT2D eigenvalue weighted by atomic mass is 10.1. The fourth-order valence-corrected chi connectivity index (χ4v) is 3.62. The second-order valence-corrected chi connectivity index (χ2v) is 6.56. The number of aromatic nitrogens is 1. The number of aliphatic hydroxyl groups is 1. The van der Waals surface area contributed by atoms with E-state index in [9.17, 15) is 15.2 Å². The summed E-state index contributed by atoms with van der Waals surface area (Å²) >= 11 is 1.47. The SMILES string of the molecule is COc1ccccc1N=c1scc(-c2ccc([N+](=O)[O-])cc2)n1CCCO. The highest BCUT2D eigenvalue weighted by atomic mass is 32.1. The molecule has 8 heteroatoms. The summed E-state index contributed by atoms with van der Waals surface area (Å²) in [6.07, 6.45) is 0.579. The van der Waals surface area contributed by atoms with Gasteiger partial charge in [0.2, 0.25) is 0 Å². The Morgan fingerprint density at radius 2 is 1.96 bits per heavy atom. The summed E-state index contributed by atoms with van der Waals surface area (Å²) < 4.78 is 7.37. The lowest BCUT2D eigenvalue weighted by Gasteiger charge is -2.09. The van der Waals surface area contributed by atoms with Crippen LogP contribution >= 0.6 is 11.3 Å². The van der Waals surface area contributed by atoms with Crippen molar-refractivity contribution in [3.05, 3.63) is 68.8 Å². The molecule has 1 heterocycles. The smallest absolute Gasteiger partial charge is 0.269 e. The van der Waals surface area contributed by atoms with E-state index in [1.54, 1.807) is 19.2 Å². The number of nitro groups is 1. The number of ether oxygens (including phenoxy) is 1. The molecule has 0 saturated carbocycles. The fourth-order valence-electron chi connectivity index (χ4n) is 2.67. The van der Waals surface area contributed by atoms with Crippen LogP contribution in [0.3, 0.4) is 0 Å². The molecule has 1 aromatic heterocycles. The Bertz CT molecular complexity index is 993. The monoisotopic (exact) mass is 385 g/mol. The van der Waals surface area contributed by atoms with E-state index in [0.29, 0.717) is 18.7 Å². The molecule has 0 radical (unpaired) electrons. The Kier molecular flexibility index (Phi) is 6.00. The zero-order valence-electron chi connectivity index (χ0n) is 14.7. The van der Waals surface area contributed by atoms with Crippen LogP contribution in [0, 0.1) is 10.1 Å². The van der Waals surface area contributed by atoms with Crippen molar-refractivity contribution in [2.45, 2.75) is 13.0 Å². The van der Waals surface area contributed by atoms with Gasteiger partial charge in [-0.05, 0) is 36.2 Å². The number of benzene rings is 2. The minimum atomic E-state index is -0.417. The van der Waals surface area contributed by atoms with Crippen LogP contribution in [0.2, 0.25) is 0 Å². The van der Waals surface area contributed by atoms with Crippen molar-refractivity contribution in [2.75, 3.05) is 13.7 Å². The number of hydrogen-bond acceptors (Lipinski definition) is 6. The van der Waals surface area contributed by atoms with Gasteiger partial charge in [-0.1, -0.05) is 12.1 Å². The first-order valence-corrected chi connectivity index (χ1v) is 9.23. The second-order valence-electron chi connectivity index (χ2n) is 5.72. The molecule has 0 bridgehead atoms. The molecule has 0 aliphatic heterocycles. The van der Waals surface area contributed by atoms with Crippen LogP contribution in [-0.2, 0) is 6.54 Å². The van der Waals surface area contributed by atoms with Crippen LogP contribution in [0.25, 0.3) is 11.3 Å². The average molecular weight is 385 g/mol. The highest BCUT2D eigenvalue weighted by Crippen LogP contribution is 2.27. The summed E-state index contributed by atoms with van der Waals surface area (Å²) in [4.78, 5) is 15.9. The van der Waals surface area contributed by atoms with Crippen LogP contribution in [0.4, 0.5) is 11.4 Å². The minimum absolute atomic E-state index is 0.0508. The van der Waals surface area contributed by atoms with Crippen LogP contribution in [0.5, 0.6) is 5.75 Å². The van der Waals surface area contributed by atoms with Crippen molar-refractivity contribution in [3.63, 3.8) is 0 Å². The maximum Gasteiger partial charge on any atom is 0.269 e. The first-order valence-electron chi connectivity index (χ1n) is 8.36. The molecule has 27 heavy (non-hydrogen) atoms. The molecule has 0 fully saturated rings. The third kappa shape index (κ3) is 4.24. The third-order valence-corrected chi connectivity index (χ3v) is 4.88. The number of thiazole rings is 1. The van der Waals surface area contributed by atoms with E-state index in [2.05, 4.69) is 0 Å². The summed E-state index contributed by atoms with van der Waals surface area (Å²) in [5.74, 6) is 0.677. The maximum absolute atomic E-state index is 10.9. The Hall–Kier alpha value is -2.97. The van der Waals surface area contributed by atoms with Crippen molar-refractivity contribution in [1.82, 2.24) is 4.57 Å². The number of non-ortho nitro benzene ring substituents is 1. The van der Waals surface area contributed by atoms with Gasteiger partial charge in [-0.2, -0.15) is 0 Å². The molecule has 3 aromatic rings. The largest absolute Gasteiger partial charge is 0.494 e. The summed E-state index contributed by atoms with van der Waals surface area (Å²) in [7, 11) is 1.60. The van der Waals surface area contributed by atoms with Crippen LogP contribution < -0.4 is 9.54 Å². The highest BCUT2D eigenvalue weighted by molar-refractivity contribution is 7.07. The maximum atomic E-state index is 10.9. The van der Waals surface area contributed by atoms with Crippen molar-refractivity contribution in [2.24, 2.45) is 4.99 Å². The van der Waals surface area contributed by atoms with Crippen molar-refractivity contribution in [3.8, 4) is 17.0 Å². The van der Waals surface area contributed by atoms with E-state index in [1.165, 1.54) is 23.5 Å².